The number of fused-ring (bicyclic) bond motifs is 1. The van der Waals surface area contributed by atoms with E-state index in [-0.39, 0.29) is 6.54 Å². The van der Waals surface area contributed by atoms with Gasteiger partial charge in [0.1, 0.15) is 0 Å². The van der Waals surface area contributed by atoms with Crippen LogP contribution in [0.5, 0.6) is 5.75 Å². The molecule has 0 spiro atoms. The molecule has 1 aliphatic heterocycles. The van der Waals surface area contributed by atoms with E-state index in [0.717, 1.165) is 18.5 Å². The SMILES string of the molecule is COc1ccc(C)nc1NCc1nc(C(F)(F)F)n2c1CCCC2. The lowest BCUT2D eigenvalue weighted by Gasteiger charge is -2.18. The molecule has 0 atom stereocenters. The second-order valence-electron chi connectivity index (χ2n) is 5.79. The highest BCUT2D eigenvalue weighted by molar-refractivity contribution is 5.50. The van der Waals surface area contributed by atoms with Gasteiger partial charge in [-0.25, -0.2) is 9.97 Å². The molecule has 1 aliphatic rings. The molecular formula is C16H19F3N4O. The Bertz CT molecular complexity index is 740. The minimum Gasteiger partial charge on any atom is -0.493 e. The second-order valence-corrected chi connectivity index (χ2v) is 5.79. The van der Waals surface area contributed by atoms with Gasteiger partial charge in [0.15, 0.2) is 11.6 Å². The van der Waals surface area contributed by atoms with Crippen LogP contribution in [0, 0.1) is 6.92 Å². The molecule has 2 aromatic rings. The number of nitrogens with zero attached hydrogens (tertiary/aromatic N) is 3. The van der Waals surface area contributed by atoms with Crippen molar-refractivity contribution in [3.05, 3.63) is 35.0 Å². The van der Waals surface area contributed by atoms with Crippen molar-refractivity contribution in [3.63, 3.8) is 0 Å². The number of nitrogens with one attached hydrogen (secondary N) is 1. The molecule has 0 radical (unpaired) electrons. The molecule has 0 aliphatic carbocycles. The van der Waals surface area contributed by atoms with E-state index in [1.54, 1.807) is 6.07 Å². The topological polar surface area (TPSA) is 52.0 Å². The molecule has 5 nitrogen and oxygen atoms in total. The molecule has 8 heteroatoms. The van der Waals surface area contributed by atoms with Crippen molar-refractivity contribution in [1.29, 1.82) is 0 Å². The Balaban J connectivity index is 1.88. The lowest BCUT2D eigenvalue weighted by molar-refractivity contribution is -0.147. The molecule has 3 rings (SSSR count). The summed E-state index contributed by atoms with van der Waals surface area (Å²) >= 11 is 0. The summed E-state index contributed by atoms with van der Waals surface area (Å²) in [5.74, 6) is 0.242. The van der Waals surface area contributed by atoms with Crippen LogP contribution >= 0.6 is 0 Å². The predicted octanol–water partition coefficient (Wildman–Crippen LogP) is 3.56. The lowest BCUT2D eigenvalue weighted by Crippen LogP contribution is -2.19. The first-order valence-electron chi connectivity index (χ1n) is 7.81. The van der Waals surface area contributed by atoms with Gasteiger partial charge in [-0.3, -0.25) is 0 Å². The van der Waals surface area contributed by atoms with Crippen LogP contribution in [-0.2, 0) is 25.7 Å². The zero-order chi connectivity index (χ0) is 17.3. The van der Waals surface area contributed by atoms with Gasteiger partial charge in [0, 0.05) is 17.9 Å². The number of rotatable bonds is 4. The standard InChI is InChI=1S/C16H19F3N4O/c1-10-6-7-13(24-2)14(21-10)20-9-11-12-5-3-4-8-23(12)15(22-11)16(17,18)19/h6-7H,3-5,8-9H2,1-2H3,(H,20,21). The van der Waals surface area contributed by atoms with E-state index in [1.165, 1.54) is 11.7 Å². The molecule has 0 saturated heterocycles. The minimum atomic E-state index is -4.44. The minimum absolute atomic E-state index is 0.179. The molecule has 0 aromatic carbocycles. The van der Waals surface area contributed by atoms with E-state index in [2.05, 4.69) is 15.3 Å². The summed E-state index contributed by atoms with van der Waals surface area (Å²) < 4.78 is 46.1. The molecule has 0 bridgehead atoms. The van der Waals surface area contributed by atoms with E-state index < -0.39 is 12.0 Å². The Morgan fingerprint density at radius 2 is 2.04 bits per heavy atom. The molecule has 0 saturated carbocycles. The third-order valence-electron chi connectivity index (χ3n) is 4.09. The van der Waals surface area contributed by atoms with E-state index in [0.29, 0.717) is 35.9 Å². The van der Waals surface area contributed by atoms with Gasteiger partial charge in [-0.15, -0.1) is 0 Å². The van der Waals surface area contributed by atoms with Crippen LogP contribution < -0.4 is 10.1 Å². The number of ether oxygens (including phenoxy) is 1. The maximum absolute atomic E-state index is 13.2. The highest BCUT2D eigenvalue weighted by Gasteiger charge is 2.39. The van der Waals surface area contributed by atoms with Gasteiger partial charge in [0.25, 0.3) is 0 Å². The molecular weight excluding hydrogens is 321 g/mol. The zero-order valence-electron chi connectivity index (χ0n) is 13.6. The molecule has 1 N–H and O–H groups in total. The van der Waals surface area contributed by atoms with E-state index in [4.69, 9.17) is 4.74 Å². The Morgan fingerprint density at radius 3 is 2.75 bits per heavy atom. The second kappa shape index (κ2) is 6.33. The number of aryl methyl sites for hydroxylation is 1. The largest absolute Gasteiger partial charge is 0.493 e. The van der Waals surface area contributed by atoms with Crippen LogP contribution in [0.15, 0.2) is 12.1 Å². The summed E-state index contributed by atoms with van der Waals surface area (Å²) in [6.45, 7) is 2.38. The first kappa shape index (κ1) is 16.6. The van der Waals surface area contributed by atoms with Crippen molar-refractivity contribution in [2.45, 2.75) is 45.5 Å². The highest BCUT2D eigenvalue weighted by atomic mass is 19.4. The van der Waals surface area contributed by atoms with Crippen LogP contribution in [0.2, 0.25) is 0 Å². The van der Waals surface area contributed by atoms with Crippen LogP contribution in [-0.4, -0.2) is 21.6 Å². The van der Waals surface area contributed by atoms with Gasteiger partial charge in [0.05, 0.1) is 19.3 Å². The van der Waals surface area contributed by atoms with Crippen LogP contribution in [0.1, 0.15) is 35.7 Å². The Kier molecular flexibility index (Phi) is 4.38. The van der Waals surface area contributed by atoms with Crippen LogP contribution in [0.25, 0.3) is 0 Å². The molecule has 3 heterocycles. The third kappa shape index (κ3) is 3.18. The number of pyridine rings is 1. The van der Waals surface area contributed by atoms with E-state index >= 15 is 0 Å². The van der Waals surface area contributed by atoms with Crippen LogP contribution in [0.3, 0.4) is 0 Å². The van der Waals surface area contributed by atoms with Crippen molar-refractivity contribution >= 4 is 5.82 Å². The fraction of sp³-hybridized carbons (Fsp3) is 0.500. The number of methoxy groups -OCH3 is 1. The third-order valence-corrected chi connectivity index (χ3v) is 4.09. The first-order chi connectivity index (χ1) is 11.4. The summed E-state index contributed by atoms with van der Waals surface area (Å²) in [6, 6.07) is 3.58. The van der Waals surface area contributed by atoms with E-state index in [1.807, 2.05) is 13.0 Å². The van der Waals surface area contributed by atoms with Gasteiger partial charge >= 0.3 is 6.18 Å². The van der Waals surface area contributed by atoms with Gasteiger partial charge in [-0.2, -0.15) is 13.2 Å². The molecule has 0 fully saturated rings. The fourth-order valence-electron chi connectivity index (χ4n) is 2.98. The number of imidazole rings is 1. The number of alkyl halides is 3. The van der Waals surface area contributed by atoms with Gasteiger partial charge in [0.2, 0.25) is 5.82 Å². The van der Waals surface area contributed by atoms with Crippen molar-refractivity contribution in [1.82, 2.24) is 14.5 Å². The summed E-state index contributed by atoms with van der Waals surface area (Å²) in [5.41, 5.74) is 1.88. The molecule has 24 heavy (non-hydrogen) atoms. The number of halogens is 3. The highest BCUT2D eigenvalue weighted by Crippen LogP contribution is 2.33. The van der Waals surface area contributed by atoms with Gasteiger partial charge in [-0.1, -0.05) is 0 Å². The van der Waals surface area contributed by atoms with Gasteiger partial charge < -0.3 is 14.6 Å². The predicted molar refractivity (Wildman–Crippen MR) is 83.0 cm³/mol. The fourth-order valence-corrected chi connectivity index (χ4v) is 2.98. The Hall–Kier alpha value is -2.25. The monoisotopic (exact) mass is 340 g/mol. The summed E-state index contributed by atoms with van der Waals surface area (Å²) in [4.78, 5) is 8.20. The quantitative estimate of drug-likeness (QED) is 0.925. The Morgan fingerprint density at radius 1 is 1.25 bits per heavy atom. The summed E-state index contributed by atoms with van der Waals surface area (Å²) in [5, 5.41) is 3.06. The average molecular weight is 340 g/mol. The number of anilines is 1. The normalized spacial score (nSPS) is 14.4. The maximum Gasteiger partial charge on any atom is 0.449 e. The number of aromatic nitrogens is 3. The zero-order valence-corrected chi connectivity index (χ0v) is 13.6. The average Bonchev–Trinajstić information content (AvgIpc) is 2.92. The molecule has 130 valence electrons. The summed E-state index contributed by atoms with van der Waals surface area (Å²) in [7, 11) is 1.53. The smallest absolute Gasteiger partial charge is 0.449 e. The first-order valence-corrected chi connectivity index (χ1v) is 7.81. The molecule has 0 amide bonds. The molecule has 2 aromatic heterocycles. The van der Waals surface area contributed by atoms with Crippen molar-refractivity contribution < 1.29 is 17.9 Å². The van der Waals surface area contributed by atoms with E-state index in [9.17, 15) is 13.2 Å². The van der Waals surface area contributed by atoms with Gasteiger partial charge in [-0.05, 0) is 38.3 Å². The van der Waals surface area contributed by atoms with Crippen LogP contribution in [0.4, 0.5) is 19.0 Å². The van der Waals surface area contributed by atoms with Crippen molar-refractivity contribution in [2.24, 2.45) is 0 Å². The summed E-state index contributed by atoms with van der Waals surface area (Å²) in [6.07, 6.45) is -2.21. The maximum atomic E-state index is 13.2. The number of hydrogen-bond acceptors (Lipinski definition) is 4. The van der Waals surface area contributed by atoms with Crippen molar-refractivity contribution in [2.75, 3.05) is 12.4 Å². The van der Waals surface area contributed by atoms with Crippen molar-refractivity contribution in [3.8, 4) is 5.75 Å². The Labute approximate surface area is 137 Å². The molecule has 0 unspecified atom stereocenters. The number of hydrogen-bond donors (Lipinski definition) is 1. The lowest BCUT2D eigenvalue weighted by atomic mass is 10.1.